The van der Waals surface area contributed by atoms with Gasteiger partial charge in [-0.3, -0.25) is 9.67 Å². The Labute approximate surface area is 176 Å². The van der Waals surface area contributed by atoms with Crippen molar-refractivity contribution in [2.75, 3.05) is 27.2 Å². The van der Waals surface area contributed by atoms with Crippen molar-refractivity contribution in [2.24, 2.45) is 4.99 Å². The second kappa shape index (κ2) is 12.2. The molecule has 0 spiro atoms. The van der Waals surface area contributed by atoms with Crippen LogP contribution < -0.4 is 5.32 Å². The van der Waals surface area contributed by atoms with E-state index in [9.17, 15) is 0 Å². The first kappa shape index (κ1) is 22.8. The zero-order valence-electron chi connectivity index (χ0n) is 15.9. The van der Waals surface area contributed by atoms with Crippen molar-refractivity contribution < 1.29 is 4.74 Å². The first-order valence-corrected chi connectivity index (χ1v) is 9.46. The van der Waals surface area contributed by atoms with Crippen LogP contribution in [0.4, 0.5) is 0 Å². The van der Waals surface area contributed by atoms with Gasteiger partial charge in [0.1, 0.15) is 11.1 Å². The number of guanidine groups is 1. The lowest BCUT2D eigenvalue weighted by atomic mass is 10.4. The van der Waals surface area contributed by atoms with E-state index in [0.717, 1.165) is 49.3 Å². The highest BCUT2D eigenvalue weighted by atomic mass is 127. The molecule has 2 aromatic rings. The minimum Gasteiger partial charge on any atom is -0.375 e. The third-order valence-electron chi connectivity index (χ3n) is 3.73. The number of rotatable bonds is 9. The molecule has 0 aliphatic heterocycles. The van der Waals surface area contributed by atoms with E-state index >= 15 is 0 Å². The lowest BCUT2D eigenvalue weighted by Gasteiger charge is -2.21. The third kappa shape index (κ3) is 7.20. The van der Waals surface area contributed by atoms with E-state index in [-0.39, 0.29) is 30.1 Å². The molecule has 7 nitrogen and oxygen atoms in total. The third-order valence-corrected chi connectivity index (χ3v) is 4.79. The summed E-state index contributed by atoms with van der Waals surface area (Å²) in [7, 11) is 3.74. The van der Waals surface area contributed by atoms with Crippen LogP contribution in [0, 0.1) is 0 Å². The van der Waals surface area contributed by atoms with Gasteiger partial charge < -0.3 is 15.0 Å². The zero-order chi connectivity index (χ0) is 18.1. The molecule has 146 valence electrons. The van der Waals surface area contributed by atoms with Crippen molar-refractivity contribution in [1.29, 1.82) is 0 Å². The standard InChI is InChI=1S/C17H28N6OS.HI/c1-5-18-17(19-8-6-10-23-11-7-9-20-23)22(3)12-15-13-25-16(21-15)14(2)24-4;/h7,9,11,13-14H,5-6,8,10,12H2,1-4H3,(H,18,19);1H. The molecule has 2 aromatic heterocycles. The second-order valence-corrected chi connectivity index (χ2v) is 6.66. The molecule has 9 heteroatoms. The molecule has 0 aromatic carbocycles. The summed E-state index contributed by atoms with van der Waals surface area (Å²) >= 11 is 1.64. The van der Waals surface area contributed by atoms with Crippen molar-refractivity contribution >= 4 is 41.3 Å². The number of aromatic nitrogens is 3. The molecule has 0 aliphatic carbocycles. The monoisotopic (exact) mass is 492 g/mol. The van der Waals surface area contributed by atoms with Crippen LogP contribution in [0.25, 0.3) is 0 Å². The van der Waals surface area contributed by atoms with Gasteiger partial charge in [0.05, 0.1) is 12.2 Å². The molecule has 2 heterocycles. The number of nitrogens with one attached hydrogen (secondary N) is 1. The molecule has 2 rings (SSSR count). The summed E-state index contributed by atoms with van der Waals surface area (Å²) in [5.41, 5.74) is 1.04. The van der Waals surface area contributed by atoms with Gasteiger partial charge in [-0.15, -0.1) is 35.3 Å². The Balaban J connectivity index is 0.00000338. The number of aliphatic imine (C=N–C) groups is 1. The molecule has 26 heavy (non-hydrogen) atoms. The van der Waals surface area contributed by atoms with Gasteiger partial charge in [-0.25, -0.2) is 4.98 Å². The van der Waals surface area contributed by atoms with E-state index in [4.69, 9.17) is 9.73 Å². The lowest BCUT2D eigenvalue weighted by molar-refractivity contribution is 0.119. The van der Waals surface area contributed by atoms with Crippen LogP contribution in [0.1, 0.15) is 37.1 Å². The summed E-state index contributed by atoms with van der Waals surface area (Å²) in [5.74, 6) is 0.900. The molecule has 0 saturated carbocycles. The highest BCUT2D eigenvalue weighted by molar-refractivity contribution is 14.0. The summed E-state index contributed by atoms with van der Waals surface area (Å²) in [6.45, 7) is 7.29. The number of halogens is 1. The Morgan fingerprint density at radius 2 is 2.31 bits per heavy atom. The molecule has 0 saturated heterocycles. The largest absolute Gasteiger partial charge is 0.375 e. The number of hydrogen-bond acceptors (Lipinski definition) is 5. The van der Waals surface area contributed by atoms with Gasteiger partial charge in [0.25, 0.3) is 0 Å². The van der Waals surface area contributed by atoms with E-state index in [2.05, 4.69) is 32.6 Å². The summed E-state index contributed by atoms with van der Waals surface area (Å²) in [6.07, 6.45) is 4.76. The van der Waals surface area contributed by atoms with Crippen LogP contribution in [-0.4, -0.2) is 52.9 Å². The molecular weight excluding hydrogens is 463 g/mol. The van der Waals surface area contributed by atoms with Gasteiger partial charge in [0.2, 0.25) is 0 Å². The van der Waals surface area contributed by atoms with Crippen LogP contribution in [0.5, 0.6) is 0 Å². The zero-order valence-corrected chi connectivity index (χ0v) is 19.0. The smallest absolute Gasteiger partial charge is 0.194 e. The highest BCUT2D eigenvalue weighted by Gasteiger charge is 2.12. The Bertz CT molecular complexity index is 645. The van der Waals surface area contributed by atoms with Crippen molar-refractivity contribution in [3.05, 3.63) is 34.5 Å². The molecule has 0 amide bonds. The van der Waals surface area contributed by atoms with Gasteiger partial charge in [0.15, 0.2) is 5.96 Å². The summed E-state index contributed by atoms with van der Waals surface area (Å²) in [4.78, 5) is 11.5. The molecular formula is C17H29IN6OS. The van der Waals surface area contributed by atoms with E-state index < -0.39 is 0 Å². The van der Waals surface area contributed by atoms with Crippen LogP contribution in [-0.2, 0) is 17.8 Å². The molecule has 1 N–H and O–H groups in total. The number of methoxy groups -OCH3 is 1. The average molecular weight is 492 g/mol. The Morgan fingerprint density at radius 3 is 2.96 bits per heavy atom. The summed E-state index contributed by atoms with van der Waals surface area (Å²) in [6, 6.07) is 1.94. The van der Waals surface area contributed by atoms with Crippen LogP contribution >= 0.6 is 35.3 Å². The van der Waals surface area contributed by atoms with Crippen molar-refractivity contribution in [2.45, 2.75) is 39.5 Å². The molecule has 1 atom stereocenters. The molecule has 0 bridgehead atoms. The van der Waals surface area contributed by atoms with Gasteiger partial charge in [-0.1, -0.05) is 0 Å². The minimum absolute atomic E-state index is 0. The van der Waals surface area contributed by atoms with Gasteiger partial charge in [-0.05, 0) is 26.3 Å². The Morgan fingerprint density at radius 1 is 1.50 bits per heavy atom. The maximum absolute atomic E-state index is 5.33. The molecule has 0 aliphatic rings. The topological polar surface area (TPSA) is 67.6 Å². The van der Waals surface area contributed by atoms with Crippen LogP contribution in [0.3, 0.4) is 0 Å². The quantitative estimate of drug-likeness (QED) is 0.252. The minimum atomic E-state index is 0. The van der Waals surface area contributed by atoms with Crippen molar-refractivity contribution in [3.63, 3.8) is 0 Å². The van der Waals surface area contributed by atoms with Gasteiger partial charge in [-0.2, -0.15) is 5.10 Å². The van der Waals surface area contributed by atoms with Crippen LogP contribution in [0.15, 0.2) is 28.8 Å². The number of nitrogens with zero attached hydrogens (tertiary/aromatic N) is 5. The first-order valence-electron chi connectivity index (χ1n) is 8.58. The fourth-order valence-corrected chi connectivity index (χ4v) is 3.16. The van der Waals surface area contributed by atoms with Gasteiger partial charge >= 0.3 is 0 Å². The normalized spacial score (nSPS) is 12.5. The van der Waals surface area contributed by atoms with E-state index in [1.54, 1.807) is 24.6 Å². The lowest BCUT2D eigenvalue weighted by Crippen LogP contribution is -2.38. The number of thiazole rings is 1. The number of ether oxygens (including phenoxy) is 1. The first-order chi connectivity index (χ1) is 12.1. The predicted molar refractivity (Wildman–Crippen MR) is 117 cm³/mol. The van der Waals surface area contributed by atoms with E-state index in [0.29, 0.717) is 0 Å². The van der Waals surface area contributed by atoms with E-state index in [1.807, 2.05) is 30.9 Å². The molecule has 0 radical (unpaired) electrons. The maximum Gasteiger partial charge on any atom is 0.194 e. The summed E-state index contributed by atoms with van der Waals surface area (Å²) < 4.78 is 7.26. The maximum atomic E-state index is 5.33. The van der Waals surface area contributed by atoms with Crippen molar-refractivity contribution in [1.82, 2.24) is 25.0 Å². The summed E-state index contributed by atoms with van der Waals surface area (Å²) in [5, 5.41) is 10.6. The molecule has 0 fully saturated rings. The fourth-order valence-electron chi connectivity index (χ4n) is 2.32. The predicted octanol–water partition coefficient (Wildman–Crippen LogP) is 3.15. The number of aryl methyl sites for hydroxylation is 1. The Kier molecular flexibility index (Phi) is 10.7. The molecule has 1 unspecified atom stereocenters. The SMILES string of the molecule is CCNC(=NCCCn1cccn1)N(C)Cc1csc(C(C)OC)n1.I. The van der Waals surface area contributed by atoms with Gasteiger partial charge in [0, 0.05) is 51.6 Å². The Hall–Kier alpha value is -1.20. The van der Waals surface area contributed by atoms with E-state index in [1.165, 1.54) is 0 Å². The average Bonchev–Trinajstić information content (AvgIpc) is 3.28. The number of hydrogen-bond donors (Lipinski definition) is 1. The van der Waals surface area contributed by atoms with Crippen LogP contribution in [0.2, 0.25) is 0 Å². The van der Waals surface area contributed by atoms with Crippen molar-refractivity contribution in [3.8, 4) is 0 Å². The fraction of sp³-hybridized carbons (Fsp3) is 0.588. The highest BCUT2D eigenvalue weighted by Crippen LogP contribution is 2.20. The second-order valence-electron chi connectivity index (χ2n) is 5.77.